The van der Waals surface area contributed by atoms with Gasteiger partial charge >= 0.3 is 11.9 Å². The van der Waals surface area contributed by atoms with Gasteiger partial charge < -0.3 is 14.2 Å². The first kappa shape index (κ1) is 29.5. The second kappa shape index (κ2) is 16.7. The van der Waals surface area contributed by atoms with Gasteiger partial charge in [-0.15, -0.1) is 0 Å². The van der Waals surface area contributed by atoms with Crippen molar-refractivity contribution in [1.29, 1.82) is 0 Å². The first-order chi connectivity index (χ1) is 19.1. The van der Waals surface area contributed by atoms with Crippen LogP contribution in [0.1, 0.15) is 97.1 Å². The Hall–Kier alpha value is -4.04. The Bertz CT molecular complexity index is 1220. The number of hydrogen-bond acceptors (Lipinski definition) is 5. The summed E-state index contributed by atoms with van der Waals surface area (Å²) in [5.41, 5.74) is 2.55. The van der Waals surface area contributed by atoms with Crippen molar-refractivity contribution in [2.75, 3.05) is 13.2 Å². The van der Waals surface area contributed by atoms with Crippen LogP contribution in [0.25, 0.3) is 0 Å². The van der Waals surface area contributed by atoms with E-state index >= 15 is 0 Å². The maximum Gasteiger partial charge on any atom is 0.343 e. The van der Waals surface area contributed by atoms with Gasteiger partial charge in [0.25, 0.3) is 0 Å². The summed E-state index contributed by atoms with van der Waals surface area (Å²) < 4.78 is 16.5. The maximum atomic E-state index is 12.5. The number of hydrogen-bond donors (Lipinski definition) is 0. The molecule has 39 heavy (non-hydrogen) atoms. The highest BCUT2D eigenvalue weighted by Crippen LogP contribution is 2.17. The minimum atomic E-state index is -0.428. The number of carbonyl (C=O) groups is 2. The van der Waals surface area contributed by atoms with Gasteiger partial charge in [-0.2, -0.15) is 0 Å². The minimum absolute atomic E-state index is 0.307. The Labute approximate surface area is 232 Å². The SMILES string of the molecule is CCCCCCOC(=O)c1ccc(C#Cc2ccc(OC(=O)c3ccc(OCCCCCC)cc3)cc2)cc1. The third kappa shape index (κ3) is 10.7. The number of rotatable bonds is 14. The topological polar surface area (TPSA) is 61.8 Å². The first-order valence-corrected chi connectivity index (χ1v) is 13.9. The average Bonchev–Trinajstić information content (AvgIpc) is 2.97. The number of ether oxygens (including phenoxy) is 3. The van der Waals surface area contributed by atoms with Crippen molar-refractivity contribution in [3.05, 3.63) is 95.1 Å². The molecule has 0 aromatic heterocycles. The summed E-state index contributed by atoms with van der Waals surface area (Å²) in [6, 6.07) is 21.1. The molecule has 5 heteroatoms. The van der Waals surface area contributed by atoms with E-state index in [0.717, 1.165) is 55.4 Å². The lowest BCUT2D eigenvalue weighted by Gasteiger charge is -2.07. The number of benzene rings is 3. The fraction of sp³-hybridized carbons (Fsp3) is 0.353. The second-order valence-electron chi connectivity index (χ2n) is 9.37. The molecule has 5 nitrogen and oxygen atoms in total. The fourth-order valence-electron chi connectivity index (χ4n) is 3.79. The normalized spacial score (nSPS) is 10.3. The van der Waals surface area contributed by atoms with E-state index in [4.69, 9.17) is 14.2 Å². The van der Waals surface area contributed by atoms with Gasteiger partial charge in [-0.05, 0) is 85.6 Å². The number of carbonyl (C=O) groups excluding carboxylic acids is 2. The zero-order valence-corrected chi connectivity index (χ0v) is 23.0. The van der Waals surface area contributed by atoms with Crippen LogP contribution < -0.4 is 9.47 Å². The summed E-state index contributed by atoms with van der Waals surface area (Å²) in [6.07, 6.45) is 8.88. The monoisotopic (exact) mass is 526 g/mol. The van der Waals surface area contributed by atoms with Gasteiger partial charge in [-0.1, -0.05) is 64.2 Å². The third-order valence-electron chi connectivity index (χ3n) is 6.12. The quantitative estimate of drug-likeness (QED) is 0.0922. The fourth-order valence-corrected chi connectivity index (χ4v) is 3.79. The molecule has 0 heterocycles. The zero-order valence-electron chi connectivity index (χ0n) is 23.0. The molecule has 0 aliphatic rings. The van der Waals surface area contributed by atoms with E-state index in [2.05, 4.69) is 25.7 Å². The summed E-state index contributed by atoms with van der Waals surface area (Å²) in [7, 11) is 0. The molecule has 0 radical (unpaired) electrons. The molecule has 0 saturated heterocycles. The van der Waals surface area contributed by atoms with Gasteiger partial charge in [0, 0.05) is 11.1 Å². The molecular formula is C34H38O5. The molecule has 204 valence electrons. The van der Waals surface area contributed by atoms with E-state index < -0.39 is 5.97 Å². The van der Waals surface area contributed by atoms with E-state index in [1.54, 1.807) is 72.8 Å². The third-order valence-corrected chi connectivity index (χ3v) is 6.12. The van der Waals surface area contributed by atoms with Crippen LogP contribution >= 0.6 is 0 Å². The van der Waals surface area contributed by atoms with Gasteiger partial charge in [-0.25, -0.2) is 9.59 Å². The van der Waals surface area contributed by atoms with Crippen molar-refractivity contribution in [2.24, 2.45) is 0 Å². The lowest BCUT2D eigenvalue weighted by Crippen LogP contribution is -2.08. The van der Waals surface area contributed by atoms with Crippen molar-refractivity contribution in [2.45, 2.75) is 65.2 Å². The molecule has 0 amide bonds. The van der Waals surface area contributed by atoms with Crippen LogP contribution in [0, 0.1) is 11.8 Å². The van der Waals surface area contributed by atoms with Crippen LogP contribution in [-0.4, -0.2) is 25.2 Å². The van der Waals surface area contributed by atoms with Crippen molar-refractivity contribution in [3.63, 3.8) is 0 Å². The maximum absolute atomic E-state index is 12.5. The van der Waals surface area contributed by atoms with E-state index in [1.165, 1.54) is 12.8 Å². The Morgan fingerprint density at radius 1 is 0.564 bits per heavy atom. The lowest BCUT2D eigenvalue weighted by molar-refractivity contribution is 0.0497. The van der Waals surface area contributed by atoms with Crippen LogP contribution in [-0.2, 0) is 4.74 Å². The summed E-state index contributed by atoms with van der Waals surface area (Å²) in [4.78, 5) is 24.7. The molecule has 0 bridgehead atoms. The van der Waals surface area contributed by atoms with Crippen molar-refractivity contribution in [1.82, 2.24) is 0 Å². The zero-order chi connectivity index (χ0) is 27.7. The predicted octanol–water partition coefficient (Wildman–Crippen LogP) is 8.00. The van der Waals surface area contributed by atoms with Crippen LogP contribution in [0.5, 0.6) is 11.5 Å². The summed E-state index contributed by atoms with van der Waals surface area (Å²) in [5.74, 6) is 6.63. The van der Waals surface area contributed by atoms with Crippen molar-refractivity contribution in [3.8, 4) is 23.3 Å². The van der Waals surface area contributed by atoms with Crippen LogP contribution in [0.4, 0.5) is 0 Å². The molecule has 0 unspecified atom stereocenters. The average molecular weight is 527 g/mol. The van der Waals surface area contributed by atoms with E-state index in [0.29, 0.717) is 30.1 Å². The van der Waals surface area contributed by atoms with Crippen LogP contribution in [0.3, 0.4) is 0 Å². The molecule has 0 aliphatic carbocycles. The van der Waals surface area contributed by atoms with Gasteiger partial charge in [-0.3, -0.25) is 0 Å². The highest BCUT2D eigenvalue weighted by molar-refractivity contribution is 5.91. The number of esters is 2. The molecule has 3 aromatic rings. The molecule has 0 fully saturated rings. The van der Waals surface area contributed by atoms with E-state index in [1.807, 2.05) is 0 Å². The lowest BCUT2D eigenvalue weighted by atomic mass is 10.1. The molecule has 0 spiro atoms. The molecule has 0 aliphatic heterocycles. The molecule has 0 atom stereocenters. The standard InChI is InChI=1S/C34H38O5/c1-3-5-7-9-25-37-31-23-19-30(20-24-31)34(36)39-32-21-15-28(16-22-32)12-11-27-13-17-29(18-14-27)33(35)38-26-10-8-6-4-2/h13-24H,3-10,25-26H2,1-2H3. The van der Waals surface area contributed by atoms with Crippen LogP contribution in [0.15, 0.2) is 72.8 Å². The highest BCUT2D eigenvalue weighted by atomic mass is 16.5. The summed E-state index contributed by atoms with van der Waals surface area (Å²) in [5, 5.41) is 0. The van der Waals surface area contributed by atoms with E-state index in [-0.39, 0.29) is 5.97 Å². The second-order valence-corrected chi connectivity index (χ2v) is 9.37. The molecule has 0 saturated carbocycles. The highest BCUT2D eigenvalue weighted by Gasteiger charge is 2.09. The van der Waals surface area contributed by atoms with Gasteiger partial charge in [0.05, 0.1) is 24.3 Å². The Morgan fingerprint density at radius 3 is 1.64 bits per heavy atom. The van der Waals surface area contributed by atoms with Gasteiger partial charge in [0.2, 0.25) is 0 Å². The predicted molar refractivity (Wildman–Crippen MR) is 154 cm³/mol. The Balaban J connectivity index is 1.46. The smallest absolute Gasteiger partial charge is 0.343 e. The summed E-state index contributed by atoms with van der Waals surface area (Å²) >= 11 is 0. The first-order valence-electron chi connectivity index (χ1n) is 13.9. The minimum Gasteiger partial charge on any atom is -0.494 e. The molecular weight excluding hydrogens is 488 g/mol. The number of unbranched alkanes of at least 4 members (excludes halogenated alkanes) is 6. The summed E-state index contributed by atoms with van der Waals surface area (Å²) in [6.45, 7) is 5.46. The van der Waals surface area contributed by atoms with Gasteiger partial charge in [0.1, 0.15) is 11.5 Å². The van der Waals surface area contributed by atoms with Crippen molar-refractivity contribution >= 4 is 11.9 Å². The van der Waals surface area contributed by atoms with Crippen molar-refractivity contribution < 1.29 is 23.8 Å². The molecule has 3 rings (SSSR count). The molecule has 0 N–H and O–H groups in total. The van der Waals surface area contributed by atoms with Gasteiger partial charge in [0.15, 0.2) is 0 Å². The van der Waals surface area contributed by atoms with E-state index in [9.17, 15) is 9.59 Å². The largest absolute Gasteiger partial charge is 0.494 e. The Morgan fingerprint density at radius 2 is 1.05 bits per heavy atom. The van der Waals surface area contributed by atoms with Crippen LogP contribution in [0.2, 0.25) is 0 Å². The molecule has 3 aromatic carbocycles. The Kier molecular flexibility index (Phi) is 12.7.